The number of aryl methyl sites for hydroxylation is 1. The zero-order chi connectivity index (χ0) is 19.8. The van der Waals surface area contributed by atoms with Crippen LogP contribution in [0.15, 0.2) is 48.5 Å². The van der Waals surface area contributed by atoms with Crippen LogP contribution in [0.4, 0.5) is 0 Å². The number of hydrogen-bond acceptors (Lipinski definition) is 3. The van der Waals surface area contributed by atoms with Crippen LogP contribution >= 0.6 is 0 Å². The lowest BCUT2D eigenvalue weighted by Crippen LogP contribution is -2.41. The summed E-state index contributed by atoms with van der Waals surface area (Å²) in [5.74, 6) is 0.158. The monoisotopic (exact) mass is 388 g/mol. The number of nitrogens with one attached hydrogen (secondary N) is 2. The van der Waals surface area contributed by atoms with Crippen LogP contribution in [0, 0.1) is 6.92 Å². The fraction of sp³-hybridized carbons (Fsp3) is 0.417. The number of aromatic amines is 1. The number of rotatable bonds is 6. The molecule has 0 radical (unpaired) electrons. The van der Waals surface area contributed by atoms with Crippen molar-refractivity contribution in [2.24, 2.45) is 0 Å². The number of aromatic nitrogens is 2. The summed E-state index contributed by atoms with van der Waals surface area (Å²) >= 11 is 0. The number of likely N-dealkylation sites (tertiary alicyclic amines) is 1. The first-order valence-corrected chi connectivity index (χ1v) is 10.7. The molecule has 5 nitrogen and oxygen atoms in total. The van der Waals surface area contributed by atoms with Crippen LogP contribution in [-0.2, 0) is 10.2 Å². The number of amides is 1. The minimum Gasteiger partial charge on any atom is -0.347 e. The molecule has 1 amide bonds. The van der Waals surface area contributed by atoms with E-state index in [2.05, 4.69) is 62.9 Å². The van der Waals surface area contributed by atoms with E-state index in [0.717, 1.165) is 54.6 Å². The van der Waals surface area contributed by atoms with E-state index in [-0.39, 0.29) is 11.9 Å². The van der Waals surface area contributed by atoms with Crippen molar-refractivity contribution in [1.29, 1.82) is 0 Å². The zero-order valence-electron chi connectivity index (χ0n) is 16.9. The fourth-order valence-electron chi connectivity index (χ4n) is 4.65. The maximum absolute atomic E-state index is 13.5. The molecule has 2 aliphatic rings. The van der Waals surface area contributed by atoms with E-state index >= 15 is 0 Å². The van der Waals surface area contributed by atoms with Crippen LogP contribution in [0.1, 0.15) is 48.5 Å². The molecule has 1 atom stereocenters. The van der Waals surface area contributed by atoms with Gasteiger partial charge in [0.2, 0.25) is 5.91 Å². The van der Waals surface area contributed by atoms with E-state index in [1.807, 2.05) is 13.0 Å². The van der Waals surface area contributed by atoms with E-state index in [0.29, 0.717) is 0 Å². The SMILES string of the molecule is Cc1n[nH]c2ccc(C3(C(=O)NC(CN4CCCC4)c4ccccc4)CC3)cc12. The third-order valence-corrected chi connectivity index (χ3v) is 6.64. The molecule has 1 saturated carbocycles. The average Bonchev–Trinajstić information content (AvgIpc) is 3.26. The molecule has 5 heteroatoms. The molecule has 1 unspecified atom stereocenters. The van der Waals surface area contributed by atoms with E-state index in [9.17, 15) is 4.79 Å². The predicted molar refractivity (Wildman–Crippen MR) is 115 cm³/mol. The molecule has 2 heterocycles. The first kappa shape index (κ1) is 18.4. The minimum absolute atomic E-state index is 0.0265. The molecule has 1 aliphatic carbocycles. The Morgan fingerprint density at radius 3 is 2.66 bits per heavy atom. The highest BCUT2D eigenvalue weighted by atomic mass is 16.2. The summed E-state index contributed by atoms with van der Waals surface area (Å²) in [5, 5.41) is 11.9. The van der Waals surface area contributed by atoms with Crippen molar-refractivity contribution in [2.45, 2.75) is 44.1 Å². The van der Waals surface area contributed by atoms with Gasteiger partial charge in [0.1, 0.15) is 0 Å². The van der Waals surface area contributed by atoms with Crippen LogP contribution in [0.5, 0.6) is 0 Å². The maximum atomic E-state index is 13.5. The van der Waals surface area contributed by atoms with Gasteiger partial charge in [0.25, 0.3) is 0 Å². The summed E-state index contributed by atoms with van der Waals surface area (Å²) in [6.45, 7) is 5.14. The van der Waals surface area contributed by atoms with Gasteiger partial charge in [-0.15, -0.1) is 0 Å². The van der Waals surface area contributed by atoms with E-state index in [1.54, 1.807) is 0 Å². The normalized spacial score (nSPS) is 19.3. The number of benzene rings is 2. The summed E-state index contributed by atoms with van der Waals surface area (Å²) in [7, 11) is 0. The van der Waals surface area contributed by atoms with E-state index in [4.69, 9.17) is 0 Å². The van der Waals surface area contributed by atoms with Gasteiger partial charge in [-0.2, -0.15) is 5.10 Å². The summed E-state index contributed by atoms with van der Waals surface area (Å²) in [4.78, 5) is 16.0. The highest BCUT2D eigenvalue weighted by molar-refractivity contribution is 5.93. The Hall–Kier alpha value is -2.66. The molecule has 5 rings (SSSR count). The number of H-pyrrole nitrogens is 1. The molecule has 150 valence electrons. The molecule has 1 aliphatic heterocycles. The van der Waals surface area contributed by atoms with Crippen molar-refractivity contribution in [3.63, 3.8) is 0 Å². The van der Waals surface area contributed by atoms with Gasteiger partial charge in [-0.1, -0.05) is 36.4 Å². The summed E-state index contributed by atoms with van der Waals surface area (Å²) < 4.78 is 0. The van der Waals surface area contributed by atoms with Gasteiger partial charge in [-0.05, 0) is 69.0 Å². The van der Waals surface area contributed by atoms with Gasteiger partial charge in [0.05, 0.1) is 22.7 Å². The topological polar surface area (TPSA) is 61.0 Å². The zero-order valence-corrected chi connectivity index (χ0v) is 16.9. The van der Waals surface area contributed by atoms with Crippen LogP contribution in [-0.4, -0.2) is 40.6 Å². The third-order valence-electron chi connectivity index (χ3n) is 6.64. The average molecular weight is 389 g/mol. The molecule has 1 saturated heterocycles. The Labute approximate surface area is 171 Å². The Bertz CT molecular complexity index is 1020. The molecular formula is C24H28N4O. The highest BCUT2D eigenvalue weighted by Crippen LogP contribution is 2.49. The van der Waals surface area contributed by atoms with Crippen molar-refractivity contribution in [1.82, 2.24) is 20.4 Å². The number of carbonyl (C=O) groups excluding carboxylic acids is 1. The number of fused-ring (bicyclic) bond motifs is 1. The quantitative estimate of drug-likeness (QED) is 0.674. The molecule has 29 heavy (non-hydrogen) atoms. The van der Waals surface area contributed by atoms with Crippen LogP contribution in [0.2, 0.25) is 0 Å². The van der Waals surface area contributed by atoms with Crippen molar-refractivity contribution in [2.75, 3.05) is 19.6 Å². The van der Waals surface area contributed by atoms with E-state index in [1.165, 1.54) is 18.4 Å². The second-order valence-corrected chi connectivity index (χ2v) is 8.60. The minimum atomic E-state index is -0.393. The Balaban J connectivity index is 1.40. The van der Waals surface area contributed by atoms with Crippen molar-refractivity contribution in [3.05, 3.63) is 65.4 Å². The van der Waals surface area contributed by atoms with Crippen molar-refractivity contribution >= 4 is 16.8 Å². The molecule has 0 spiro atoms. The molecular weight excluding hydrogens is 360 g/mol. The fourth-order valence-corrected chi connectivity index (χ4v) is 4.65. The van der Waals surface area contributed by atoms with Crippen LogP contribution in [0.3, 0.4) is 0 Å². The maximum Gasteiger partial charge on any atom is 0.231 e. The van der Waals surface area contributed by atoms with Crippen LogP contribution < -0.4 is 5.32 Å². The lowest BCUT2D eigenvalue weighted by Gasteiger charge is -2.27. The van der Waals surface area contributed by atoms with Gasteiger partial charge >= 0.3 is 0 Å². The van der Waals surface area contributed by atoms with Gasteiger partial charge in [-0.3, -0.25) is 9.89 Å². The smallest absolute Gasteiger partial charge is 0.231 e. The molecule has 2 fully saturated rings. The third kappa shape index (κ3) is 3.44. The van der Waals surface area contributed by atoms with Gasteiger partial charge < -0.3 is 10.2 Å². The summed E-state index contributed by atoms with van der Waals surface area (Å²) in [6, 6.07) is 16.7. The number of nitrogens with zero attached hydrogens (tertiary/aromatic N) is 2. The first-order valence-electron chi connectivity index (χ1n) is 10.7. The molecule has 1 aromatic heterocycles. The molecule has 2 N–H and O–H groups in total. The van der Waals surface area contributed by atoms with Crippen molar-refractivity contribution in [3.8, 4) is 0 Å². The summed E-state index contributed by atoms with van der Waals surface area (Å²) in [5.41, 5.74) is 3.91. The second-order valence-electron chi connectivity index (χ2n) is 8.60. The largest absolute Gasteiger partial charge is 0.347 e. The lowest BCUT2D eigenvalue weighted by molar-refractivity contribution is -0.124. The van der Waals surface area contributed by atoms with E-state index < -0.39 is 5.41 Å². The molecule has 2 aromatic carbocycles. The van der Waals surface area contributed by atoms with Crippen molar-refractivity contribution < 1.29 is 4.79 Å². The van der Waals surface area contributed by atoms with Gasteiger partial charge in [0.15, 0.2) is 0 Å². The standard InChI is InChI=1S/C24H28N4O/c1-17-20-15-19(9-10-21(20)27-26-17)24(11-12-24)23(29)25-22(16-28-13-5-6-14-28)18-7-3-2-4-8-18/h2-4,7-10,15,22H,5-6,11-14,16H2,1H3,(H,25,29)(H,26,27). The highest BCUT2D eigenvalue weighted by Gasteiger charge is 2.51. The Morgan fingerprint density at radius 1 is 1.17 bits per heavy atom. The lowest BCUT2D eigenvalue weighted by atomic mass is 9.92. The van der Waals surface area contributed by atoms with Gasteiger partial charge in [-0.25, -0.2) is 0 Å². The molecule has 0 bridgehead atoms. The van der Waals surface area contributed by atoms with Gasteiger partial charge in [0, 0.05) is 11.9 Å². The summed E-state index contributed by atoms with van der Waals surface area (Å²) in [6.07, 6.45) is 4.33. The first-order chi connectivity index (χ1) is 14.2. The number of hydrogen-bond donors (Lipinski definition) is 2. The Morgan fingerprint density at radius 2 is 1.93 bits per heavy atom. The number of carbonyl (C=O) groups is 1. The van der Waals surface area contributed by atoms with Crippen LogP contribution in [0.25, 0.3) is 10.9 Å². The predicted octanol–water partition coefficient (Wildman–Crippen LogP) is 3.86. The molecule has 3 aromatic rings. The second kappa shape index (κ2) is 7.30. The Kier molecular flexibility index (Phi) is 4.63.